The van der Waals surface area contributed by atoms with Crippen LogP contribution < -0.4 is 4.74 Å². The lowest BCUT2D eigenvalue weighted by Crippen LogP contribution is -2.33. The average Bonchev–Trinajstić information content (AvgIpc) is 2.60. The van der Waals surface area contributed by atoms with Crippen molar-refractivity contribution < 1.29 is 14.3 Å². The quantitative estimate of drug-likeness (QED) is 0.638. The second-order valence-corrected chi connectivity index (χ2v) is 8.54. The summed E-state index contributed by atoms with van der Waals surface area (Å²) in [6.45, 7) is 4.15. The van der Waals surface area contributed by atoms with E-state index in [1.165, 1.54) is 0 Å². The van der Waals surface area contributed by atoms with E-state index < -0.39 is 0 Å². The third kappa shape index (κ3) is 3.44. The number of benzene rings is 2. The van der Waals surface area contributed by atoms with Crippen molar-refractivity contribution in [3.8, 4) is 5.75 Å². The van der Waals surface area contributed by atoms with Crippen LogP contribution in [0.15, 0.2) is 59.9 Å². The number of hydrogen-bond donors (Lipinski definition) is 0. The van der Waals surface area contributed by atoms with Gasteiger partial charge in [-0.1, -0.05) is 43.6 Å². The van der Waals surface area contributed by atoms with Gasteiger partial charge in [-0.2, -0.15) is 0 Å². The van der Waals surface area contributed by atoms with Crippen molar-refractivity contribution in [2.75, 3.05) is 0 Å². The Morgan fingerprint density at radius 1 is 1.11 bits per heavy atom. The van der Waals surface area contributed by atoms with Gasteiger partial charge in [0.25, 0.3) is 0 Å². The second-order valence-electron chi connectivity index (χ2n) is 8.10. The maximum atomic E-state index is 13.0. The molecule has 1 unspecified atom stereocenters. The number of ether oxygens (including phenoxy) is 1. The fourth-order valence-electron chi connectivity index (χ4n) is 4.06. The van der Waals surface area contributed by atoms with Gasteiger partial charge >= 0.3 is 0 Å². The standard InChI is InChI=1S/C23H21ClO3/c1-23(2)12-19(26)22-17(11-18(25)14-7-9-15(24)10-8-14)16-5-3-4-6-20(16)27-21(22)13-23/h3-10,17H,11-13H2,1-2H3. The van der Waals surface area contributed by atoms with Gasteiger partial charge in [-0.25, -0.2) is 0 Å². The van der Waals surface area contributed by atoms with Gasteiger partial charge in [0.1, 0.15) is 11.5 Å². The number of hydrogen-bond acceptors (Lipinski definition) is 3. The Bertz CT molecular complexity index is 954. The maximum Gasteiger partial charge on any atom is 0.163 e. The molecule has 3 nitrogen and oxygen atoms in total. The highest BCUT2D eigenvalue weighted by Gasteiger charge is 2.41. The molecular formula is C23H21ClO3. The monoisotopic (exact) mass is 380 g/mol. The molecule has 0 N–H and O–H groups in total. The van der Waals surface area contributed by atoms with E-state index in [0.29, 0.717) is 29.0 Å². The highest BCUT2D eigenvalue weighted by molar-refractivity contribution is 6.30. The lowest BCUT2D eigenvalue weighted by molar-refractivity contribution is -0.118. The highest BCUT2D eigenvalue weighted by atomic mass is 35.5. The van der Waals surface area contributed by atoms with Crippen molar-refractivity contribution in [1.82, 2.24) is 0 Å². The van der Waals surface area contributed by atoms with Crippen molar-refractivity contribution in [2.45, 2.75) is 39.0 Å². The van der Waals surface area contributed by atoms with Crippen LogP contribution in [0.4, 0.5) is 0 Å². The molecule has 1 aliphatic carbocycles. The second kappa shape index (κ2) is 6.65. The molecule has 1 heterocycles. The van der Waals surface area contributed by atoms with Gasteiger partial charge < -0.3 is 4.74 Å². The number of Topliss-reactive ketones (excluding diaryl/α,β-unsaturated/α-hetero) is 2. The largest absolute Gasteiger partial charge is 0.461 e. The Hall–Kier alpha value is -2.39. The lowest BCUT2D eigenvalue weighted by Gasteiger charge is -2.38. The summed E-state index contributed by atoms with van der Waals surface area (Å²) in [7, 11) is 0. The number of para-hydroxylation sites is 1. The predicted octanol–water partition coefficient (Wildman–Crippen LogP) is 5.73. The van der Waals surface area contributed by atoms with Crippen LogP contribution in [0.1, 0.15) is 54.9 Å². The number of fused-ring (bicyclic) bond motifs is 1. The molecule has 2 aromatic rings. The van der Waals surface area contributed by atoms with Crippen LogP contribution in [0, 0.1) is 5.41 Å². The fraction of sp³-hybridized carbons (Fsp3) is 0.304. The van der Waals surface area contributed by atoms with Crippen molar-refractivity contribution in [1.29, 1.82) is 0 Å². The van der Waals surface area contributed by atoms with E-state index in [0.717, 1.165) is 17.1 Å². The number of halogens is 1. The van der Waals surface area contributed by atoms with Gasteiger partial charge in [0, 0.05) is 46.9 Å². The zero-order valence-corrected chi connectivity index (χ0v) is 16.2. The van der Waals surface area contributed by atoms with E-state index in [1.54, 1.807) is 24.3 Å². The Kier molecular flexibility index (Phi) is 4.43. The number of rotatable bonds is 3. The zero-order chi connectivity index (χ0) is 19.2. The van der Waals surface area contributed by atoms with Crippen LogP contribution in [-0.4, -0.2) is 11.6 Å². The fourth-order valence-corrected chi connectivity index (χ4v) is 4.18. The lowest BCUT2D eigenvalue weighted by atomic mass is 9.70. The zero-order valence-electron chi connectivity index (χ0n) is 15.4. The van der Waals surface area contributed by atoms with Crippen LogP contribution in [0.3, 0.4) is 0 Å². The van der Waals surface area contributed by atoms with E-state index in [-0.39, 0.29) is 29.3 Å². The number of allylic oxidation sites excluding steroid dienone is 2. The summed E-state index contributed by atoms with van der Waals surface area (Å²) in [6.07, 6.45) is 1.42. The summed E-state index contributed by atoms with van der Waals surface area (Å²) in [6, 6.07) is 14.6. The number of carbonyl (C=O) groups is 2. The first-order valence-corrected chi connectivity index (χ1v) is 9.54. The molecule has 4 heteroatoms. The van der Waals surface area contributed by atoms with Gasteiger partial charge in [-0.05, 0) is 35.7 Å². The van der Waals surface area contributed by atoms with Crippen molar-refractivity contribution >= 4 is 23.2 Å². The molecule has 0 bridgehead atoms. The SMILES string of the molecule is CC1(C)CC(=O)C2=C(C1)Oc1ccccc1C2CC(=O)c1ccc(Cl)cc1. The summed E-state index contributed by atoms with van der Waals surface area (Å²) in [5, 5.41) is 0.595. The topological polar surface area (TPSA) is 43.4 Å². The van der Waals surface area contributed by atoms with E-state index >= 15 is 0 Å². The van der Waals surface area contributed by atoms with Crippen LogP contribution in [0.25, 0.3) is 0 Å². The Balaban J connectivity index is 1.74. The molecule has 1 atom stereocenters. The third-order valence-electron chi connectivity index (χ3n) is 5.31. The third-order valence-corrected chi connectivity index (χ3v) is 5.56. The number of carbonyl (C=O) groups excluding carboxylic acids is 2. The molecule has 0 radical (unpaired) electrons. The molecular weight excluding hydrogens is 360 g/mol. The van der Waals surface area contributed by atoms with Crippen molar-refractivity contribution in [2.24, 2.45) is 5.41 Å². The summed E-state index contributed by atoms with van der Waals surface area (Å²) in [4.78, 5) is 25.9. The molecule has 1 aliphatic heterocycles. The first kappa shape index (κ1) is 18.0. The minimum absolute atomic E-state index is 0.00199. The van der Waals surface area contributed by atoms with Crippen LogP contribution in [0.2, 0.25) is 5.02 Å². The molecule has 0 amide bonds. The van der Waals surface area contributed by atoms with E-state index in [2.05, 4.69) is 13.8 Å². The summed E-state index contributed by atoms with van der Waals surface area (Å²) in [5.74, 6) is 1.29. The molecule has 0 saturated carbocycles. The average molecular weight is 381 g/mol. The van der Waals surface area contributed by atoms with Crippen LogP contribution in [-0.2, 0) is 4.79 Å². The first-order chi connectivity index (χ1) is 12.8. The summed E-state index contributed by atoms with van der Waals surface area (Å²) >= 11 is 5.93. The molecule has 138 valence electrons. The minimum atomic E-state index is -0.267. The van der Waals surface area contributed by atoms with Crippen LogP contribution >= 0.6 is 11.6 Å². The minimum Gasteiger partial charge on any atom is -0.461 e. The molecule has 0 fully saturated rings. The highest BCUT2D eigenvalue weighted by Crippen LogP contribution is 2.48. The van der Waals surface area contributed by atoms with E-state index in [4.69, 9.17) is 16.3 Å². The molecule has 2 aromatic carbocycles. The van der Waals surface area contributed by atoms with Gasteiger partial charge in [0.15, 0.2) is 11.6 Å². The van der Waals surface area contributed by atoms with Crippen molar-refractivity contribution in [3.05, 3.63) is 76.0 Å². The smallest absolute Gasteiger partial charge is 0.163 e. The van der Waals surface area contributed by atoms with Gasteiger partial charge in [-0.3, -0.25) is 9.59 Å². The molecule has 0 aromatic heterocycles. The Labute approximate surface area is 164 Å². The first-order valence-electron chi connectivity index (χ1n) is 9.16. The molecule has 2 aliphatic rings. The van der Waals surface area contributed by atoms with Gasteiger partial charge in [0.2, 0.25) is 0 Å². The van der Waals surface area contributed by atoms with Crippen molar-refractivity contribution in [3.63, 3.8) is 0 Å². The Morgan fingerprint density at radius 3 is 2.56 bits per heavy atom. The molecule has 0 saturated heterocycles. The van der Waals surface area contributed by atoms with E-state index in [1.807, 2.05) is 24.3 Å². The summed E-state index contributed by atoms with van der Waals surface area (Å²) < 4.78 is 6.11. The number of ketones is 2. The van der Waals surface area contributed by atoms with E-state index in [9.17, 15) is 9.59 Å². The molecule has 27 heavy (non-hydrogen) atoms. The summed E-state index contributed by atoms with van der Waals surface area (Å²) in [5.41, 5.74) is 2.06. The van der Waals surface area contributed by atoms with Gasteiger partial charge in [-0.15, -0.1) is 0 Å². The Morgan fingerprint density at radius 2 is 1.81 bits per heavy atom. The maximum absolute atomic E-state index is 13.0. The van der Waals surface area contributed by atoms with Gasteiger partial charge in [0.05, 0.1) is 0 Å². The molecule has 4 rings (SSSR count). The van der Waals surface area contributed by atoms with Crippen LogP contribution in [0.5, 0.6) is 5.75 Å². The molecule has 0 spiro atoms. The predicted molar refractivity (Wildman–Crippen MR) is 105 cm³/mol. The normalized spacial score (nSPS) is 20.6.